The van der Waals surface area contributed by atoms with Crippen LogP contribution in [0.5, 0.6) is 0 Å². The van der Waals surface area contributed by atoms with Gasteiger partial charge < -0.3 is 14.9 Å². The number of rotatable bonds is 5. The van der Waals surface area contributed by atoms with Gasteiger partial charge in [-0.2, -0.15) is 0 Å². The lowest BCUT2D eigenvalue weighted by molar-refractivity contribution is -0.137. The first-order valence-electron chi connectivity index (χ1n) is 6.77. The molecule has 1 heterocycles. The average molecular weight is 266 g/mol. The van der Waals surface area contributed by atoms with Crippen molar-refractivity contribution in [3.8, 4) is 12.3 Å². The third kappa shape index (κ3) is 4.82. The fraction of sp³-hybridized carbons (Fsp3) is 0.714. The van der Waals surface area contributed by atoms with Crippen LogP contribution in [0.3, 0.4) is 0 Å². The molecule has 0 spiro atoms. The third-order valence-corrected chi connectivity index (χ3v) is 3.59. The molecule has 1 fully saturated rings. The monoisotopic (exact) mass is 266 g/mol. The van der Waals surface area contributed by atoms with Crippen molar-refractivity contribution in [2.24, 2.45) is 5.92 Å². The van der Waals surface area contributed by atoms with Crippen LogP contribution in [-0.2, 0) is 4.79 Å². The van der Waals surface area contributed by atoms with Crippen LogP contribution >= 0.6 is 0 Å². The fourth-order valence-corrected chi connectivity index (χ4v) is 2.37. The molecule has 0 radical (unpaired) electrons. The van der Waals surface area contributed by atoms with Crippen LogP contribution in [0.15, 0.2) is 0 Å². The Morgan fingerprint density at radius 2 is 2.05 bits per heavy atom. The zero-order valence-corrected chi connectivity index (χ0v) is 11.5. The Morgan fingerprint density at radius 3 is 2.53 bits per heavy atom. The van der Waals surface area contributed by atoms with Crippen molar-refractivity contribution in [1.29, 1.82) is 0 Å². The van der Waals surface area contributed by atoms with Crippen LogP contribution in [0, 0.1) is 18.3 Å². The van der Waals surface area contributed by atoms with Crippen molar-refractivity contribution in [1.82, 2.24) is 9.80 Å². The molecular weight excluding hydrogens is 244 g/mol. The van der Waals surface area contributed by atoms with E-state index in [-0.39, 0.29) is 12.5 Å². The molecule has 0 aromatic carbocycles. The van der Waals surface area contributed by atoms with Crippen LogP contribution in [0.25, 0.3) is 0 Å². The molecule has 5 heteroatoms. The number of carbonyl (C=O) groups is 2. The summed E-state index contributed by atoms with van der Waals surface area (Å²) in [4.78, 5) is 26.1. The van der Waals surface area contributed by atoms with E-state index in [0.717, 1.165) is 12.8 Å². The highest BCUT2D eigenvalue weighted by Crippen LogP contribution is 2.22. The number of nitrogens with zero attached hydrogens (tertiary/aromatic N) is 2. The largest absolute Gasteiger partial charge is 0.481 e. The van der Waals surface area contributed by atoms with Crippen molar-refractivity contribution < 1.29 is 14.7 Å². The van der Waals surface area contributed by atoms with Gasteiger partial charge in [0.1, 0.15) is 0 Å². The molecular formula is C14H22N2O3. The van der Waals surface area contributed by atoms with E-state index in [0.29, 0.717) is 38.5 Å². The number of likely N-dealkylation sites (tertiary alicyclic amines) is 1. The van der Waals surface area contributed by atoms with Gasteiger partial charge in [-0.1, -0.05) is 5.92 Å². The van der Waals surface area contributed by atoms with Crippen molar-refractivity contribution in [2.45, 2.75) is 32.6 Å². The van der Waals surface area contributed by atoms with Crippen molar-refractivity contribution in [3.63, 3.8) is 0 Å². The number of terminal acetylenes is 1. The van der Waals surface area contributed by atoms with Gasteiger partial charge in [-0.25, -0.2) is 4.79 Å². The van der Waals surface area contributed by atoms with Gasteiger partial charge in [0.05, 0.1) is 6.54 Å². The van der Waals surface area contributed by atoms with Gasteiger partial charge in [0.25, 0.3) is 0 Å². The SMILES string of the molecule is C#CCN(CC)C(=O)N1CCC(CCC(=O)O)CC1. The summed E-state index contributed by atoms with van der Waals surface area (Å²) in [6.45, 7) is 4.26. The number of carboxylic acids is 1. The number of hydrogen-bond acceptors (Lipinski definition) is 2. The molecule has 0 aromatic heterocycles. The summed E-state index contributed by atoms with van der Waals surface area (Å²) in [5, 5.41) is 8.66. The standard InChI is InChI=1S/C14H22N2O3/c1-3-9-15(4-2)14(19)16-10-7-12(8-11-16)5-6-13(17)18/h1,12H,4-11H2,2H3,(H,17,18). The predicted molar refractivity (Wildman–Crippen MR) is 72.6 cm³/mol. The van der Waals surface area contributed by atoms with E-state index in [1.165, 1.54) is 0 Å². The smallest absolute Gasteiger partial charge is 0.320 e. The van der Waals surface area contributed by atoms with E-state index < -0.39 is 5.97 Å². The first kappa shape index (κ1) is 15.4. The maximum Gasteiger partial charge on any atom is 0.320 e. The van der Waals surface area contributed by atoms with Crippen LogP contribution in [0.1, 0.15) is 32.6 Å². The van der Waals surface area contributed by atoms with Crippen molar-refractivity contribution in [3.05, 3.63) is 0 Å². The first-order chi connectivity index (χ1) is 9.08. The molecule has 19 heavy (non-hydrogen) atoms. The maximum atomic E-state index is 12.2. The number of piperidine rings is 1. The Kier molecular flexibility index (Phi) is 6.20. The summed E-state index contributed by atoms with van der Waals surface area (Å²) in [6.07, 6.45) is 7.93. The summed E-state index contributed by atoms with van der Waals surface area (Å²) in [5.74, 6) is 2.17. The van der Waals surface area contributed by atoms with Crippen LogP contribution in [0.2, 0.25) is 0 Å². The Labute approximate surface area is 114 Å². The van der Waals surface area contributed by atoms with E-state index in [1.54, 1.807) is 4.90 Å². The van der Waals surface area contributed by atoms with Gasteiger partial charge in [0.2, 0.25) is 0 Å². The lowest BCUT2D eigenvalue weighted by Crippen LogP contribution is -2.46. The second-order valence-electron chi connectivity index (χ2n) is 4.86. The highest BCUT2D eigenvalue weighted by Gasteiger charge is 2.25. The second kappa shape index (κ2) is 7.67. The normalized spacial score (nSPS) is 15.9. The molecule has 0 saturated carbocycles. The van der Waals surface area contributed by atoms with E-state index in [2.05, 4.69) is 5.92 Å². The highest BCUT2D eigenvalue weighted by molar-refractivity contribution is 5.74. The minimum absolute atomic E-state index is 0.00265. The van der Waals surface area contributed by atoms with Gasteiger partial charge in [0.15, 0.2) is 0 Å². The number of amides is 2. The number of aliphatic carboxylic acids is 1. The van der Waals surface area contributed by atoms with Gasteiger partial charge in [-0.15, -0.1) is 6.42 Å². The average Bonchev–Trinajstić information content (AvgIpc) is 2.42. The summed E-state index contributed by atoms with van der Waals surface area (Å²) < 4.78 is 0. The van der Waals surface area contributed by atoms with Gasteiger partial charge in [0, 0.05) is 26.1 Å². The zero-order chi connectivity index (χ0) is 14.3. The molecule has 0 atom stereocenters. The molecule has 1 saturated heterocycles. The van der Waals surface area contributed by atoms with Crippen molar-refractivity contribution >= 4 is 12.0 Å². The van der Waals surface area contributed by atoms with Crippen LogP contribution < -0.4 is 0 Å². The minimum atomic E-state index is -0.746. The van der Waals surface area contributed by atoms with E-state index in [4.69, 9.17) is 11.5 Å². The highest BCUT2D eigenvalue weighted by atomic mass is 16.4. The minimum Gasteiger partial charge on any atom is -0.481 e. The predicted octanol–water partition coefficient (Wildman–Crippen LogP) is 1.64. The molecule has 0 aliphatic carbocycles. The Balaban J connectivity index is 2.38. The molecule has 0 bridgehead atoms. The lowest BCUT2D eigenvalue weighted by Gasteiger charge is -2.34. The quantitative estimate of drug-likeness (QED) is 0.769. The van der Waals surface area contributed by atoms with E-state index >= 15 is 0 Å². The number of carboxylic acid groups (broad SMARTS) is 1. The molecule has 106 valence electrons. The molecule has 0 aromatic rings. The summed E-state index contributed by atoms with van der Waals surface area (Å²) in [6, 6.07) is -0.00265. The first-order valence-corrected chi connectivity index (χ1v) is 6.77. The van der Waals surface area contributed by atoms with Crippen LogP contribution in [-0.4, -0.2) is 53.1 Å². The zero-order valence-electron chi connectivity index (χ0n) is 11.5. The summed E-state index contributed by atoms with van der Waals surface area (Å²) in [7, 11) is 0. The Hall–Kier alpha value is -1.70. The second-order valence-corrected chi connectivity index (χ2v) is 4.86. The molecule has 1 N–H and O–H groups in total. The number of hydrogen-bond donors (Lipinski definition) is 1. The van der Waals surface area contributed by atoms with Gasteiger partial charge in [-0.05, 0) is 32.1 Å². The third-order valence-electron chi connectivity index (χ3n) is 3.59. The van der Waals surface area contributed by atoms with E-state index in [1.807, 2.05) is 11.8 Å². The molecule has 5 nitrogen and oxygen atoms in total. The van der Waals surface area contributed by atoms with Crippen LogP contribution in [0.4, 0.5) is 4.79 Å². The molecule has 1 rings (SSSR count). The number of urea groups is 1. The molecule has 2 amide bonds. The molecule has 0 unspecified atom stereocenters. The molecule has 1 aliphatic heterocycles. The fourth-order valence-electron chi connectivity index (χ4n) is 2.37. The van der Waals surface area contributed by atoms with Gasteiger partial charge in [-0.3, -0.25) is 4.79 Å². The van der Waals surface area contributed by atoms with Crippen molar-refractivity contribution in [2.75, 3.05) is 26.2 Å². The lowest BCUT2D eigenvalue weighted by atomic mass is 9.92. The van der Waals surface area contributed by atoms with Gasteiger partial charge >= 0.3 is 12.0 Å². The summed E-state index contributed by atoms with van der Waals surface area (Å²) in [5.41, 5.74) is 0. The number of carbonyl (C=O) groups excluding carboxylic acids is 1. The Morgan fingerprint density at radius 1 is 1.42 bits per heavy atom. The molecule has 1 aliphatic rings. The summed E-state index contributed by atoms with van der Waals surface area (Å²) >= 11 is 0. The van der Waals surface area contributed by atoms with E-state index in [9.17, 15) is 9.59 Å². The Bertz CT molecular complexity index is 354. The maximum absolute atomic E-state index is 12.2. The topological polar surface area (TPSA) is 60.9 Å².